The van der Waals surface area contributed by atoms with Crippen LogP contribution in [0, 0.1) is 0 Å². The van der Waals surface area contributed by atoms with Crippen LogP contribution in [0.15, 0.2) is 36.4 Å². The van der Waals surface area contributed by atoms with Crippen LogP contribution in [0.3, 0.4) is 0 Å². The Morgan fingerprint density at radius 2 is 1.59 bits per heavy atom. The van der Waals surface area contributed by atoms with Crippen molar-refractivity contribution in [1.82, 2.24) is 4.90 Å². The van der Waals surface area contributed by atoms with E-state index in [4.69, 9.17) is 21.1 Å². The van der Waals surface area contributed by atoms with E-state index in [1.807, 2.05) is 0 Å². The number of anilines is 1. The van der Waals surface area contributed by atoms with Crippen LogP contribution >= 0.6 is 11.6 Å². The first-order valence-corrected chi connectivity index (χ1v) is 8.46. The number of nitrogens with one attached hydrogen (secondary N) is 1. The van der Waals surface area contributed by atoms with E-state index in [0.717, 1.165) is 4.90 Å². The second-order valence-corrected chi connectivity index (χ2v) is 6.29. The summed E-state index contributed by atoms with van der Waals surface area (Å²) in [6, 6.07) is 8.45. The third kappa shape index (κ3) is 3.21. The minimum Gasteiger partial charge on any atom is -0.495 e. The highest BCUT2D eigenvalue weighted by Crippen LogP contribution is 2.36. The highest BCUT2D eigenvalue weighted by Gasteiger charge is 2.40. The van der Waals surface area contributed by atoms with Gasteiger partial charge in [0.2, 0.25) is 5.91 Å². The smallest absolute Gasteiger partial charge is 0.262 e. The predicted octanol–water partition coefficient (Wildman–Crippen LogP) is 2.98. The molecule has 1 aliphatic heterocycles. The number of carbonyl (C=O) groups is 3. The van der Waals surface area contributed by atoms with Crippen molar-refractivity contribution in [2.45, 2.75) is 13.0 Å². The highest BCUT2D eigenvalue weighted by atomic mass is 35.5. The maximum atomic E-state index is 12.7. The van der Waals surface area contributed by atoms with Gasteiger partial charge in [-0.3, -0.25) is 19.3 Å². The van der Waals surface area contributed by atoms with Gasteiger partial charge in [-0.25, -0.2) is 0 Å². The zero-order chi connectivity index (χ0) is 19.7. The summed E-state index contributed by atoms with van der Waals surface area (Å²) in [7, 11) is 2.88. The molecule has 3 amide bonds. The van der Waals surface area contributed by atoms with Crippen LogP contribution < -0.4 is 14.8 Å². The molecule has 0 saturated heterocycles. The average molecular weight is 389 g/mol. The first-order valence-electron chi connectivity index (χ1n) is 8.08. The molecule has 1 aliphatic rings. The van der Waals surface area contributed by atoms with E-state index in [1.165, 1.54) is 33.3 Å². The van der Waals surface area contributed by atoms with Gasteiger partial charge in [-0.15, -0.1) is 0 Å². The average Bonchev–Trinajstić information content (AvgIpc) is 2.93. The summed E-state index contributed by atoms with van der Waals surface area (Å²) in [6.45, 7) is 1.48. The van der Waals surface area contributed by atoms with Crippen molar-refractivity contribution in [2.24, 2.45) is 0 Å². The Kier molecular flexibility index (Phi) is 5.05. The normalized spacial score (nSPS) is 14.0. The van der Waals surface area contributed by atoms with E-state index >= 15 is 0 Å². The third-order valence-corrected chi connectivity index (χ3v) is 4.62. The van der Waals surface area contributed by atoms with Crippen molar-refractivity contribution in [3.8, 4) is 11.5 Å². The fourth-order valence-corrected chi connectivity index (χ4v) is 3.10. The molecule has 0 bridgehead atoms. The SMILES string of the molecule is COc1cc(NC(=O)C(C)N2C(=O)c3ccccc3C2=O)c(OC)cc1Cl. The topological polar surface area (TPSA) is 84.9 Å². The molecule has 0 saturated carbocycles. The maximum Gasteiger partial charge on any atom is 0.262 e. The molecular formula is C19H17ClN2O5. The molecule has 0 aromatic heterocycles. The fraction of sp³-hybridized carbons (Fsp3) is 0.211. The molecule has 0 radical (unpaired) electrons. The molecule has 1 atom stereocenters. The number of ether oxygens (including phenoxy) is 2. The third-order valence-electron chi connectivity index (χ3n) is 4.32. The maximum absolute atomic E-state index is 12.7. The van der Waals surface area contributed by atoms with Gasteiger partial charge in [0.1, 0.15) is 17.5 Å². The predicted molar refractivity (Wildman–Crippen MR) is 99.6 cm³/mol. The molecule has 1 unspecified atom stereocenters. The summed E-state index contributed by atoms with van der Waals surface area (Å²) in [4.78, 5) is 38.7. The summed E-state index contributed by atoms with van der Waals surface area (Å²) < 4.78 is 10.4. The molecule has 0 aliphatic carbocycles. The van der Waals surface area contributed by atoms with Crippen molar-refractivity contribution in [3.63, 3.8) is 0 Å². The Bertz CT molecular complexity index is 909. The van der Waals surface area contributed by atoms with Gasteiger partial charge in [0.25, 0.3) is 11.8 Å². The Hall–Kier alpha value is -3.06. The number of halogens is 1. The van der Waals surface area contributed by atoms with E-state index in [-0.39, 0.29) is 11.1 Å². The summed E-state index contributed by atoms with van der Waals surface area (Å²) in [5, 5.41) is 2.98. The van der Waals surface area contributed by atoms with Gasteiger partial charge in [-0.1, -0.05) is 23.7 Å². The van der Waals surface area contributed by atoms with Gasteiger partial charge < -0.3 is 14.8 Å². The standard InChI is InChI=1S/C19H17ClN2O5/c1-10(22-18(24)11-6-4-5-7-12(11)19(22)25)17(23)21-14-9-15(26-2)13(20)8-16(14)27-3/h4-10H,1-3H3,(H,21,23). The molecule has 27 heavy (non-hydrogen) atoms. The molecule has 0 fully saturated rings. The zero-order valence-electron chi connectivity index (χ0n) is 14.9. The zero-order valence-corrected chi connectivity index (χ0v) is 15.7. The van der Waals surface area contributed by atoms with Crippen LogP contribution in [0.4, 0.5) is 5.69 Å². The van der Waals surface area contributed by atoms with Gasteiger partial charge in [-0.05, 0) is 19.1 Å². The number of carbonyl (C=O) groups excluding carboxylic acids is 3. The van der Waals surface area contributed by atoms with Gasteiger partial charge in [0.05, 0.1) is 36.1 Å². The number of rotatable bonds is 5. The van der Waals surface area contributed by atoms with Crippen molar-refractivity contribution < 1.29 is 23.9 Å². The number of methoxy groups -OCH3 is 2. The Morgan fingerprint density at radius 1 is 1.04 bits per heavy atom. The van der Waals surface area contributed by atoms with Crippen molar-refractivity contribution in [2.75, 3.05) is 19.5 Å². The number of fused-ring (bicyclic) bond motifs is 1. The molecule has 1 N–H and O–H groups in total. The van der Waals surface area contributed by atoms with Crippen molar-refractivity contribution >= 4 is 35.0 Å². The fourth-order valence-electron chi connectivity index (χ4n) is 2.87. The van der Waals surface area contributed by atoms with E-state index in [1.54, 1.807) is 24.3 Å². The van der Waals surface area contributed by atoms with E-state index in [0.29, 0.717) is 22.2 Å². The second-order valence-electron chi connectivity index (χ2n) is 5.88. The van der Waals surface area contributed by atoms with Gasteiger partial charge in [-0.2, -0.15) is 0 Å². The monoisotopic (exact) mass is 388 g/mol. The molecule has 7 nitrogen and oxygen atoms in total. The number of amides is 3. The van der Waals surface area contributed by atoms with Crippen molar-refractivity contribution in [1.29, 1.82) is 0 Å². The molecular weight excluding hydrogens is 372 g/mol. The molecule has 2 aromatic rings. The van der Waals surface area contributed by atoms with Gasteiger partial charge in [0.15, 0.2) is 0 Å². The Labute approximate surface area is 160 Å². The Balaban J connectivity index is 1.86. The van der Waals surface area contributed by atoms with E-state index < -0.39 is 23.8 Å². The van der Waals surface area contributed by atoms with Crippen LogP contribution in [-0.4, -0.2) is 42.9 Å². The lowest BCUT2D eigenvalue weighted by Crippen LogP contribution is -2.45. The number of nitrogens with zero attached hydrogens (tertiary/aromatic N) is 1. The molecule has 1 heterocycles. The summed E-state index contributed by atoms with van der Waals surface area (Å²) in [6.07, 6.45) is 0. The molecule has 2 aromatic carbocycles. The van der Waals surface area contributed by atoms with Crippen LogP contribution in [0.5, 0.6) is 11.5 Å². The molecule has 8 heteroatoms. The quantitative estimate of drug-likeness (QED) is 0.796. The van der Waals surface area contributed by atoms with Gasteiger partial charge in [0, 0.05) is 12.1 Å². The molecule has 140 valence electrons. The lowest BCUT2D eigenvalue weighted by atomic mass is 10.1. The summed E-state index contributed by atoms with van der Waals surface area (Å²) in [5.41, 5.74) is 0.882. The molecule has 0 spiro atoms. The minimum atomic E-state index is -1.02. The summed E-state index contributed by atoms with van der Waals surface area (Å²) >= 11 is 6.06. The van der Waals surface area contributed by atoms with E-state index in [2.05, 4.69) is 5.32 Å². The lowest BCUT2D eigenvalue weighted by Gasteiger charge is -2.22. The van der Waals surface area contributed by atoms with Crippen LogP contribution in [0.25, 0.3) is 0 Å². The largest absolute Gasteiger partial charge is 0.495 e. The number of benzene rings is 2. The minimum absolute atomic E-state index is 0.285. The summed E-state index contributed by atoms with van der Waals surface area (Å²) in [5.74, 6) is -0.880. The molecule has 3 rings (SSSR count). The van der Waals surface area contributed by atoms with Gasteiger partial charge >= 0.3 is 0 Å². The lowest BCUT2D eigenvalue weighted by molar-refractivity contribution is -0.119. The Morgan fingerprint density at radius 3 is 2.11 bits per heavy atom. The first-order chi connectivity index (χ1) is 12.9. The van der Waals surface area contributed by atoms with Crippen molar-refractivity contribution in [3.05, 3.63) is 52.5 Å². The highest BCUT2D eigenvalue weighted by molar-refractivity contribution is 6.32. The van der Waals surface area contributed by atoms with Crippen LogP contribution in [0.2, 0.25) is 5.02 Å². The van der Waals surface area contributed by atoms with Crippen LogP contribution in [-0.2, 0) is 4.79 Å². The number of hydrogen-bond acceptors (Lipinski definition) is 5. The second kappa shape index (κ2) is 7.28. The van der Waals surface area contributed by atoms with E-state index in [9.17, 15) is 14.4 Å². The first kappa shape index (κ1) is 18.7. The number of hydrogen-bond donors (Lipinski definition) is 1. The number of imide groups is 1. The van der Waals surface area contributed by atoms with Crippen LogP contribution in [0.1, 0.15) is 27.6 Å².